The van der Waals surface area contributed by atoms with Gasteiger partial charge in [0.2, 0.25) is 0 Å². The summed E-state index contributed by atoms with van der Waals surface area (Å²) in [6.45, 7) is 8.62. The molecule has 1 rings (SSSR count). The maximum absolute atomic E-state index is 8.53. The van der Waals surface area contributed by atoms with Gasteiger partial charge in [0.25, 0.3) is 0 Å². The van der Waals surface area contributed by atoms with Crippen LogP contribution in [0.5, 0.6) is 0 Å². The fraction of sp³-hybridized carbons (Fsp3) is 0.909. The first kappa shape index (κ1) is 13.3. The molecule has 0 aliphatic carbocycles. The van der Waals surface area contributed by atoms with Crippen LogP contribution >= 0.6 is 0 Å². The fourth-order valence-corrected chi connectivity index (χ4v) is 2.04. The standard InChI is InChI=1S/C11H24N4O/c1-3-15-6-4-10(5-7-15)8-13-9(2)11(12)14-16/h9-10,13,16H,3-8H2,1-2H3,(H2,12,14). The van der Waals surface area contributed by atoms with Crippen LogP contribution in [0.15, 0.2) is 5.16 Å². The molecular formula is C11H24N4O. The smallest absolute Gasteiger partial charge is 0.156 e. The zero-order chi connectivity index (χ0) is 12.0. The third-order valence-electron chi connectivity index (χ3n) is 3.43. The zero-order valence-corrected chi connectivity index (χ0v) is 10.3. The van der Waals surface area contributed by atoms with E-state index in [1.807, 2.05) is 6.92 Å². The van der Waals surface area contributed by atoms with Crippen LogP contribution in [0.4, 0.5) is 0 Å². The van der Waals surface area contributed by atoms with E-state index in [0.29, 0.717) is 0 Å². The van der Waals surface area contributed by atoms with Crippen LogP contribution in [0.1, 0.15) is 26.7 Å². The molecule has 1 fully saturated rings. The molecule has 1 saturated heterocycles. The molecule has 94 valence electrons. The fourth-order valence-electron chi connectivity index (χ4n) is 2.04. The van der Waals surface area contributed by atoms with Gasteiger partial charge in [-0.1, -0.05) is 12.1 Å². The largest absolute Gasteiger partial charge is 0.409 e. The molecule has 5 heteroatoms. The van der Waals surface area contributed by atoms with Crippen molar-refractivity contribution in [2.75, 3.05) is 26.2 Å². The molecule has 1 heterocycles. The van der Waals surface area contributed by atoms with E-state index >= 15 is 0 Å². The second kappa shape index (κ2) is 6.70. The Morgan fingerprint density at radius 2 is 2.19 bits per heavy atom. The third-order valence-corrected chi connectivity index (χ3v) is 3.43. The lowest BCUT2D eigenvalue weighted by Gasteiger charge is -2.31. The van der Waals surface area contributed by atoms with E-state index in [2.05, 4.69) is 22.3 Å². The van der Waals surface area contributed by atoms with E-state index in [4.69, 9.17) is 10.9 Å². The molecule has 0 radical (unpaired) electrons. The molecule has 0 aromatic rings. The van der Waals surface area contributed by atoms with Crippen molar-refractivity contribution in [2.45, 2.75) is 32.7 Å². The van der Waals surface area contributed by atoms with Crippen molar-refractivity contribution >= 4 is 5.84 Å². The van der Waals surface area contributed by atoms with Gasteiger partial charge in [-0.3, -0.25) is 0 Å². The summed E-state index contributed by atoms with van der Waals surface area (Å²) in [6, 6.07) is -0.0470. The number of amidine groups is 1. The number of piperidine rings is 1. The normalized spacial score (nSPS) is 22.2. The van der Waals surface area contributed by atoms with Crippen molar-refractivity contribution in [1.82, 2.24) is 10.2 Å². The molecular weight excluding hydrogens is 204 g/mol. The first-order valence-corrected chi connectivity index (χ1v) is 6.10. The zero-order valence-electron chi connectivity index (χ0n) is 10.3. The van der Waals surface area contributed by atoms with Gasteiger partial charge < -0.3 is 21.2 Å². The molecule has 1 unspecified atom stereocenters. The van der Waals surface area contributed by atoms with E-state index in [0.717, 1.165) is 19.0 Å². The van der Waals surface area contributed by atoms with Gasteiger partial charge in [-0.05, 0) is 51.9 Å². The summed E-state index contributed by atoms with van der Waals surface area (Å²) in [7, 11) is 0. The number of hydrogen-bond donors (Lipinski definition) is 3. The Labute approximate surface area is 97.7 Å². The molecule has 0 amide bonds. The second-order valence-electron chi connectivity index (χ2n) is 4.53. The van der Waals surface area contributed by atoms with Gasteiger partial charge in [-0.2, -0.15) is 0 Å². The highest BCUT2D eigenvalue weighted by atomic mass is 16.4. The Hall–Kier alpha value is -0.810. The number of nitrogens with one attached hydrogen (secondary N) is 1. The molecule has 0 saturated carbocycles. The predicted molar refractivity (Wildman–Crippen MR) is 65.7 cm³/mol. The maximum atomic E-state index is 8.53. The summed E-state index contributed by atoms with van der Waals surface area (Å²) in [5, 5.41) is 14.8. The summed E-state index contributed by atoms with van der Waals surface area (Å²) in [6.07, 6.45) is 2.48. The highest BCUT2D eigenvalue weighted by molar-refractivity contribution is 5.84. The van der Waals surface area contributed by atoms with Crippen LogP contribution in [0.25, 0.3) is 0 Å². The van der Waals surface area contributed by atoms with Gasteiger partial charge in [0.1, 0.15) is 0 Å². The molecule has 0 aromatic heterocycles. The number of likely N-dealkylation sites (tertiary alicyclic amines) is 1. The van der Waals surface area contributed by atoms with Gasteiger partial charge in [-0.25, -0.2) is 0 Å². The molecule has 1 aliphatic rings. The molecule has 0 spiro atoms. The number of hydrogen-bond acceptors (Lipinski definition) is 4. The van der Waals surface area contributed by atoms with Crippen molar-refractivity contribution in [3.63, 3.8) is 0 Å². The summed E-state index contributed by atoms with van der Waals surface area (Å²) in [5.41, 5.74) is 5.50. The van der Waals surface area contributed by atoms with E-state index in [1.54, 1.807) is 0 Å². The van der Waals surface area contributed by atoms with E-state index in [-0.39, 0.29) is 11.9 Å². The first-order chi connectivity index (χ1) is 7.67. The van der Waals surface area contributed by atoms with Crippen LogP contribution in [0.2, 0.25) is 0 Å². The molecule has 1 atom stereocenters. The molecule has 1 aliphatic heterocycles. The van der Waals surface area contributed by atoms with Gasteiger partial charge in [-0.15, -0.1) is 0 Å². The molecule has 4 N–H and O–H groups in total. The third kappa shape index (κ3) is 3.98. The Balaban J connectivity index is 2.19. The number of rotatable bonds is 5. The minimum Gasteiger partial charge on any atom is -0.409 e. The van der Waals surface area contributed by atoms with Gasteiger partial charge >= 0.3 is 0 Å². The van der Waals surface area contributed by atoms with Crippen molar-refractivity contribution < 1.29 is 5.21 Å². The summed E-state index contributed by atoms with van der Waals surface area (Å²) >= 11 is 0. The minimum absolute atomic E-state index is 0.0470. The van der Waals surface area contributed by atoms with Crippen molar-refractivity contribution in [1.29, 1.82) is 0 Å². The van der Waals surface area contributed by atoms with Gasteiger partial charge in [0, 0.05) is 0 Å². The number of nitrogens with two attached hydrogens (primary N) is 1. The summed E-state index contributed by atoms with van der Waals surface area (Å²) in [4.78, 5) is 2.48. The average Bonchev–Trinajstić information content (AvgIpc) is 2.35. The summed E-state index contributed by atoms with van der Waals surface area (Å²) in [5.74, 6) is 0.975. The minimum atomic E-state index is -0.0470. The van der Waals surface area contributed by atoms with Crippen LogP contribution in [0, 0.1) is 5.92 Å². The average molecular weight is 228 g/mol. The second-order valence-corrected chi connectivity index (χ2v) is 4.53. The maximum Gasteiger partial charge on any atom is 0.156 e. The first-order valence-electron chi connectivity index (χ1n) is 6.10. The van der Waals surface area contributed by atoms with E-state index in [1.165, 1.54) is 25.9 Å². The Morgan fingerprint density at radius 1 is 1.56 bits per heavy atom. The molecule has 5 nitrogen and oxygen atoms in total. The lowest BCUT2D eigenvalue weighted by atomic mass is 9.96. The Kier molecular flexibility index (Phi) is 5.55. The highest BCUT2D eigenvalue weighted by Crippen LogP contribution is 2.15. The molecule has 0 aromatic carbocycles. The number of oxime groups is 1. The van der Waals surface area contributed by atoms with Crippen molar-refractivity contribution in [3.05, 3.63) is 0 Å². The summed E-state index contributed by atoms with van der Waals surface area (Å²) < 4.78 is 0. The van der Waals surface area contributed by atoms with Crippen LogP contribution in [-0.2, 0) is 0 Å². The lowest BCUT2D eigenvalue weighted by molar-refractivity contribution is 0.189. The van der Waals surface area contributed by atoms with E-state index in [9.17, 15) is 0 Å². The monoisotopic (exact) mass is 228 g/mol. The Morgan fingerprint density at radius 3 is 2.69 bits per heavy atom. The topological polar surface area (TPSA) is 73.9 Å². The van der Waals surface area contributed by atoms with Crippen LogP contribution in [-0.4, -0.2) is 48.2 Å². The van der Waals surface area contributed by atoms with Crippen LogP contribution in [0.3, 0.4) is 0 Å². The van der Waals surface area contributed by atoms with Gasteiger partial charge in [0.05, 0.1) is 6.04 Å². The SMILES string of the molecule is CCN1CCC(CNC(C)C(N)=NO)CC1. The molecule has 16 heavy (non-hydrogen) atoms. The van der Waals surface area contributed by atoms with Crippen molar-refractivity contribution in [2.24, 2.45) is 16.8 Å². The number of nitrogens with zero attached hydrogens (tertiary/aromatic N) is 2. The quantitative estimate of drug-likeness (QED) is 0.276. The Bertz CT molecular complexity index is 224. The van der Waals surface area contributed by atoms with Crippen molar-refractivity contribution in [3.8, 4) is 0 Å². The molecule has 0 bridgehead atoms. The highest BCUT2D eigenvalue weighted by Gasteiger charge is 2.18. The van der Waals surface area contributed by atoms with E-state index < -0.39 is 0 Å². The van der Waals surface area contributed by atoms with Gasteiger partial charge in [0.15, 0.2) is 5.84 Å². The predicted octanol–water partition coefficient (Wildman–Crippen LogP) is 0.443. The van der Waals surface area contributed by atoms with Crippen LogP contribution < -0.4 is 11.1 Å². The lowest BCUT2D eigenvalue weighted by Crippen LogP contribution is -2.43.